The quantitative estimate of drug-likeness (QED) is 0.336. The van der Waals surface area contributed by atoms with Crippen LogP contribution in [0.3, 0.4) is 0 Å². The molecule has 2 atom stereocenters. The lowest BCUT2D eigenvalue weighted by molar-refractivity contribution is 0.199. The molecule has 3 aromatic heterocycles. The van der Waals surface area contributed by atoms with E-state index in [1.807, 2.05) is 11.8 Å². The first-order chi connectivity index (χ1) is 20.2. The van der Waals surface area contributed by atoms with Crippen LogP contribution in [0.15, 0.2) is 47.8 Å². The van der Waals surface area contributed by atoms with Gasteiger partial charge in [-0.15, -0.1) is 0 Å². The van der Waals surface area contributed by atoms with Gasteiger partial charge in [0.15, 0.2) is 23.1 Å². The Bertz CT molecular complexity index is 1740. The maximum atomic E-state index is 15.0. The Morgan fingerprint density at radius 3 is 2.48 bits per heavy atom. The van der Waals surface area contributed by atoms with E-state index in [1.54, 1.807) is 31.2 Å². The molecule has 42 heavy (non-hydrogen) atoms. The Hall–Kier alpha value is -4.13. The fraction of sp³-hybridized carbons (Fsp3) is 0.414. The number of amides is 2. The summed E-state index contributed by atoms with van der Waals surface area (Å²) in [7, 11) is -4.01. The highest BCUT2D eigenvalue weighted by Crippen LogP contribution is 2.32. The number of likely N-dealkylation sites (tertiary alicyclic amines) is 1. The Labute approximate surface area is 243 Å². The zero-order chi connectivity index (χ0) is 29.4. The second-order valence-corrected chi connectivity index (χ2v) is 12.9. The molecule has 0 radical (unpaired) electrons. The van der Waals surface area contributed by atoms with Gasteiger partial charge in [0.25, 0.3) is 10.0 Å². The minimum Gasteiger partial charge on any atom is -0.365 e. The topological polar surface area (TPSA) is 135 Å². The van der Waals surface area contributed by atoms with Gasteiger partial charge in [-0.05, 0) is 64.5 Å². The van der Waals surface area contributed by atoms with Gasteiger partial charge in [0.1, 0.15) is 5.82 Å². The second kappa shape index (κ2) is 11.3. The molecule has 1 saturated carbocycles. The summed E-state index contributed by atoms with van der Waals surface area (Å²) in [6.07, 6.45) is 9.26. The molecule has 1 aliphatic carbocycles. The molecule has 2 fully saturated rings. The number of benzene rings is 1. The fourth-order valence-corrected chi connectivity index (χ4v) is 7.00. The predicted octanol–water partition coefficient (Wildman–Crippen LogP) is 4.41. The summed E-state index contributed by atoms with van der Waals surface area (Å²) >= 11 is 0. The van der Waals surface area contributed by atoms with Crippen LogP contribution in [0.25, 0.3) is 22.4 Å². The van der Waals surface area contributed by atoms with E-state index in [9.17, 15) is 17.6 Å². The van der Waals surface area contributed by atoms with Crippen molar-refractivity contribution in [2.75, 3.05) is 18.4 Å². The smallest absolute Gasteiger partial charge is 0.317 e. The number of hydrogen-bond donors (Lipinski definition) is 2. The first-order valence-corrected chi connectivity index (χ1v) is 15.6. The van der Waals surface area contributed by atoms with Crippen molar-refractivity contribution >= 4 is 32.9 Å². The van der Waals surface area contributed by atoms with E-state index in [1.165, 1.54) is 12.4 Å². The van der Waals surface area contributed by atoms with E-state index < -0.39 is 15.8 Å². The summed E-state index contributed by atoms with van der Waals surface area (Å²) in [6, 6.07) is 6.40. The zero-order valence-electron chi connectivity index (χ0n) is 23.5. The average molecular weight is 593 g/mol. The number of carbonyl (C=O) groups is 1. The number of aromatic nitrogens is 5. The van der Waals surface area contributed by atoms with Crippen LogP contribution in [0.5, 0.6) is 0 Å². The van der Waals surface area contributed by atoms with E-state index in [4.69, 9.17) is 0 Å². The van der Waals surface area contributed by atoms with Crippen molar-refractivity contribution in [3.63, 3.8) is 0 Å². The molecule has 2 aliphatic rings. The molecule has 0 spiro atoms. The number of urea groups is 1. The summed E-state index contributed by atoms with van der Waals surface area (Å²) in [5.74, 6) is -0.0561. The van der Waals surface area contributed by atoms with Crippen molar-refractivity contribution in [2.24, 2.45) is 0 Å². The van der Waals surface area contributed by atoms with Crippen LogP contribution in [0.4, 0.5) is 15.0 Å². The van der Waals surface area contributed by atoms with E-state index in [2.05, 4.69) is 30.6 Å². The van der Waals surface area contributed by atoms with Gasteiger partial charge < -0.3 is 15.5 Å². The van der Waals surface area contributed by atoms with E-state index in [0.717, 1.165) is 60.9 Å². The molecule has 2 N–H and O–H groups in total. The van der Waals surface area contributed by atoms with Crippen LogP contribution in [-0.2, 0) is 10.0 Å². The monoisotopic (exact) mass is 592 g/mol. The van der Waals surface area contributed by atoms with Crippen LogP contribution in [0.2, 0.25) is 0 Å². The van der Waals surface area contributed by atoms with Crippen molar-refractivity contribution in [1.82, 2.24) is 34.1 Å². The number of nitrogens with zero attached hydrogens (tertiary/aromatic N) is 6. The number of anilines is 1. The van der Waals surface area contributed by atoms with E-state index >= 15 is 0 Å². The van der Waals surface area contributed by atoms with Gasteiger partial charge in [-0.3, -0.25) is 0 Å². The number of halogens is 1. The first-order valence-electron chi connectivity index (χ1n) is 14.2. The molecular formula is C29H33FN8O3S. The van der Waals surface area contributed by atoms with Crippen molar-refractivity contribution in [3.8, 4) is 11.4 Å². The van der Waals surface area contributed by atoms with Gasteiger partial charge in [0.2, 0.25) is 0 Å². The minimum atomic E-state index is -4.01. The Morgan fingerprint density at radius 1 is 0.976 bits per heavy atom. The molecule has 220 valence electrons. The molecule has 1 saturated heterocycles. The molecule has 0 unspecified atom stereocenters. The molecular weight excluding hydrogens is 559 g/mol. The number of nitrogens with one attached hydrogen (secondary N) is 2. The Kier molecular flexibility index (Phi) is 7.52. The number of aryl methyl sites for hydroxylation is 2. The third kappa shape index (κ3) is 5.52. The molecule has 0 bridgehead atoms. The van der Waals surface area contributed by atoms with Crippen LogP contribution in [-0.4, -0.2) is 68.4 Å². The van der Waals surface area contributed by atoms with Gasteiger partial charge in [0.05, 0.1) is 11.1 Å². The third-order valence-corrected chi connectivity index (χ3v) is 9.60. The van der Waals surface area contributed by atoms with Gasteiger partial charge in [0, 0.05) is 48.5 Å². The first kappa shape index (κ1) is 28.0. The maximum absolute atomic E-state index is 15.0. The highest BCUT2D eigenvalue weighted by molar-refractivity contribution is 7.90. The molecule has 13 heteroatoms. The zero-order valence-corrected chi connectivity index (χ0v) is 24.4. The summed E-state index contributed by atoms with van der Waals surface area (Å²) in [6.45, 7) is 5.12. The van der Waals surface area contributed by atoms with E-state index in [0.29, 0.717) is 23.2 Å². The normalized spacial score (nSPS) is 19.3. The van der Waals surface area contributed by atoms with Crippen molar-refractivity contribution in [3.05, 3.63) is 60.1 Å². The summed E-state index contributed by atoms with van der Waals surface area (Å²) in [5.41, 5.74) is 1.48. The van der Waals surface area contributed by atoms with Gasteiger partial charge in [-0.25, -0.2) is 41.5 Å². The number of rotatable bonds is 6. The number of carbonyl (C=O) groups excluding carboxylic acids is 1. The minimum absolute atomic E-state index is 0.0148. The Balaban J connectivity index is 1.29. The lowest BCUT2D eigenvalue weighted by Crippen LogP contribution is -2.47. The summed E-state index contributed by atoms with van der Waals surface area (Å²) < 4.78 is 43.4. The van der Waals surface area contributed by atoms with E-state index in [-0.39, 0.29) is 40.3 Å². The average Bonchev–Trinajstić information content (AvgIpc) is 3.64. The van der Waals surface area contributed by atoms with Gasteiger partial charge in [-0.1, -0.05) is 17.7 Å². The molecule has 4 aromatic rings. The maximum Gasteiger partial charge on any atom is 0.317 e. The molecule has 1 aliphatic heterocycles. The third-order valence-electron chi connectivity index (χ3n) is 7.93. The molecule has 6 rings (SSSR count). The highest BCUT2D eigenvalue weighted by Gasteiger charge is 2.28. The SMILES string of the molecule is Cc1ccc(S(=O)(=O)n2cc(-c3ncc(F)c(N[C@@H]4CCC[C@H](NC(=O)N5CCCC5)C4)n3)c3cnc(C)nc32)cc1. The van der Waals surface area contributed by atoms with Crippen molar-refractivity contribution in [1.29, 1.82) is 0 Å². The molecule has 11 nitrogen and oxygen atoms in total. The van der Waals surface area contributed by atoms with Crippen LogP contribution in [0.1, 0.15) is 49.9 Å². The van der Waals surface area contributed by atoms with Crippen molar-refractivity contribution < 1.29 is 17.6 Å². The standard InChI is InChI=1S/C29H33FN8O3S/c1-18-8-10-22(11-9-18)42(40,41)38-17-24(23-15-31-19(2)33-28(23)38)26-32-16-25(30)27(36-26)34-20-6-5-7-21(14-20)35-29(39)37-12-3-4-13-37/h8-11,15-17,20-21H,3-7,12-14H2,1-2H3,(H,35,39)(H,32,34,36)/t20-,21+/m1/s1. The Morgan fingerprint density at radius 2 is 1.71 bits per heavy atom. The fourth-order valence-electron chi connectivity index (χ4n) is 5.68. The lowest BCUT2D eigenvalue weighted by Gasteiger charge is -2.32. The summed E-state index contributed by atoms with van der Waals surface area (Å²) in [5, 5.41) is 6.77. The number of fused-ring (bicyclic) bond motifs is 1. The molecule has 1 aromatic carbocycles. The summed E-state index contributed by atoms with van der Waals surface area (Å²) in [4.78, 5) is 31.9. The molecule has 2 amide bonds. The van der Waals surface area contributed by atoms with Gasteiger partial charge in [-0.2, -0.15) is 0 Å². The largest absolute Gasteiger partial charge is 0.365 e. The number of hydrogen-bond acceptors (Lipinski definition) is 8. The van der Waals surface area contributed by atoms with Crippen LogP contribution >= 0.6 is 0 Å². The van der Waals surface area contributed by atoms with Gasteiger partial charge >= 0.3 is 6.03 Å². The predicted molar refractivity (Wildman–Crippen MR) is 156 cm³/mol. The lowest BCUT2D eigenvalue weighted by atomic mass is 9.91. The van der Waals surface area contributed by atoms with Crippen LogP contribution < -0.4 is 10.6 Å². The van der Waals surface area contributed by atoms with Crippen molar-refractivity contribution in [2.45, 2.75) is 69.4 Å². The molecule has 4 heterocycles. The second-order valence-electron chi connectivity index (χ2n) is 11.0. The highest BCUT2D eigenvalue weighted by atomic mass is 32.2. The van der Waals surface area contributed by atoms with Crippen LogP contribution in [0, 0.1) is 19.7 Å².